The van der Waals surface area contributed by atoms with Crippen LogP contribution < -0.4 is 20.9 Å². The Morgan fingerprint density at radius 2 is 1.83 bits per heavy atom. The van der Waals surface area contributed by atoms with Crippen LogP contribution in [0.2, 0.25) is 5.02 Å². The summed E-state index contributed by atoms with van der Waals surface area (Å²) in [7, 11) is 0. The number of carbonyl (C=O) groups excluding carboxylic acids is 2. The summed E-state index contributed by atoms with van der Waals surface area (Å²) < 4.78 is 53.5. The van der Waals surface area contributed by atoms with Gasteiger partial charge in [0, 0.05) is 44.4 Å². The number of rotatable bonds is 6. The second-order valence-electron chi connectivity index (χ2n) is 8.83. The van der Waals surface area contributed by atoms with Gasteiger partial charge in [-0.2, -0.15) is 13.2 Å². The molecule has 6 nitrogen and oxygen atoms in total. The van der Waals surface area contributed by atoms with Gasteiger partial charge < -0.3 is 20.9 Å². The number of nitrogens with zero attached hydrogens (tertiary/aromatic N) is 1. The van der Waals surface area contributed by atoms with Crippen molar-refractivity contribution < 1.29 is 27.2 Å². The summed E-state index contributed by atoms with van der Waals surface area (Å²) in [6.07, 6.45) is -4.13. The van der Waals surface area contributed by atoms with Gasteiger partial charge >= 0.3 is 6.18 Å². The van der Waals surface area contributed by atoms with Crippen molar-refractivity contribution in [1.82, 2.24) is 10.6 Å². The van der Waals surface area contributed by atoms with Gasteiger partial charge in [-0.25, -0.2) is 4.39 Å². The highest BCUT2D eigenvalue weighted by Gasteiger charge is 2.41. The second kappa shape index (κ2) is 10.3. The first kappa shape index (κ1) is 25.1. The van der Waals surface area contributed by atoms with Gasteiger partial charge in [0.1, 0.15) is 5.82 Å². The van der Waals surface area contributed by atoms with Gasteiger partial charge in [-0.3, -0.25) is 9.59 Å². The van der Waals surface area contributed by atoms with Crippen LogP contribution >= 0.6 is 11.6 Å². The van der Waals surface area contributed by atoms with Crippen molar-refractivity contribution in [2.75, 3.05) is 29.9 Å². The minimum absolute atomic E-state index is 0.0517. The molecular formula is C24H25ClF4N4O2. The third-order valence-electron chi connectivity index (χ3n) is 6.38. The Hall–Kier alpha value is -3.01. The van der Waals surface area contributed by atoms with E-state index in [1.165, 1.54) is 12.1 Å². The predicted octanol–water partition coefficient (Wildman–Crippen LogP) is 4.75. The van der Waals surface area contributed by atoms with Crippen molar-refractivity contribution in [1.29, 1.82) is 0 Å². The Labute approximate surface area is 205 Å². The number of benzene rings is 2. The Morgan fingerprint density at radius 3 is 2.43 bits per heavy atom. The minimum atomic E-state index is -4.22. The smallest absolute Gasteiger partial charge is 0.370 e. The molecule has 2 aromatic carbocycles. The standard InChI is InChI=1S/C24H25ClF4N4O2/c25-18-10-20(19(26)11-21(18)33-7-5-16(6-8-33)24(27,28)29)32-17-3-1-14(2-4-17)12-31-23(35)15-9-22(34)30-13-15/h1-4,10-11,15-16,32H,5-9,12-13H2,(H,30,34)(H,31,35). The maximum absolute atomic E-state index is 14.8. The number of anilines is 3. The number of amides is 2. The van der Waals surface area contributed by atoms with E-state index < -0.39 is 17.9 Å². The zero-order valence-corrected chi connectivity index (χ0v) is 19.5. The predicted molar refractivity (Wildman–Crippen MR) is 125 cm³/mol. The summed E-state index contributed by atoms with van der Waals surface area (Å²) in [6.45, 7) is 0.944. The molecule has 188 valence electrons. The summed E-state index contributed by atoms with van der Waals surface area (Å²) in [4.78, 5) is 25.0. The van der Waals surface area contributed by atoms with Crippen LogP contribution in [0.3, 0.4) is 0 Å². The molecule has 3 N–H and O–H groups in total. The molecule has 0 spiro atoms. The fourth-order valence-electron chi connectivity index (χ4n) is 4.31. The van der Waals surface area contributed by atoms with Crippen LogP contribution in [-0.4, -0.2) is 37.6 Å². The van der Waals surface area contributed by atoms with E-state index in [9.17, 15) is 27.2 Å². The summed E-state index contributed by atoms with van der Waals surface area (Å²) in [5, 5.41) is 8.63. The van der Waals surface area contributed by atoms with Crippen molar-refractivity contribution in [3.8, 4) is 0 Å². The minimum Gasteiger partial charge on any atom is -0.370 e. The topological polar surface area (TPSA) is 73.5 Å². The average molecular weight is 513 g/mol. The molecule has 0 bridgehead atoms. The largest absolute Gasteiger partial charge is 0.391 e. The lowest BCUT2D eigenvalue weighted by atomic mass is 9.96. The second-order valence-corrected chi connectivity index (χ2v) is 9.24. The molecule has 2 aromatic rings. The number of alkyl halides is 3. The first-order chi connectivity index (χ1) is 16.6. The van der Waals surface area contributed by atoms with Gasteiger partial charge in [0.05, 0.1) is 28.2 Å². The van der Waals surface area contributed by atoms with Gasteiger partial charge in [0.25, 0.3) is 0 Å². The highest BCUT2D eigenvalue weighted by Crippen LogP contribution is 2.38. The Morgan fingerprint density at radius 1 is 1.14 bits per heavy atom. The van der Waals surface area contributed by atoms with Gasteiger partial charge in [0.2, 0.25) is 11.8 Å². The van der Waals surface area contributed by atoms with Crippen LogP contribution in [0.15, 0.2) is 36.4 Å². The molecule has 1 atom stereocenters. The highest BCUT2D eigenvalue weighted by molar-refractivity contribution is 6.33. The fraction of sp³-hybridized carbons (Fsp3) is 0.417. The molecular weight excluding hydrogens is 488 g/mol. The first-order valence-corrected chi connectivity index (χ1v) is 11.7. The maximum Gasteiger partial charge on any atom is 0.391 e. The molecule has 2 aliphatic heterocycles. The van der Waals surface area contributed by atoms with E-state index in [4.69, 9.17) is 11.6 Å². The molecule has 0 radical (unpaired) electrons. The van der Waals surface area contributed by atoms with E-state index in [0.717, 1.165) is 5.56 Å². The SMILES string of the molecule is O=C1CC(C(=O)NCc2ccc(Nc3cc(Cl)c(N4CCC(C(F)(F)F)CC4)cc3F)cc2)CN1. The molecule has 2 heterocycles. The molecule has 2 fully saturated rings. The molecule has 0 aliphatic carbocycles. The summed E-state index contributed by atoms with van der Waals surface area (Å²) >= 11 is 6.35. The average Bonchev–Trinajstić information content (AvgIpc) is 3.26. The summed E-state index contributed by atoms with van der Waals surface area (Å²) in [5.74, 6) is -2.60. The van der Waals surface area contributed by atoms with Crippen LogP contribution in [0, 0.1) is 17.7 Å². The molecule has 2 aliphatic rings. The third-order valence-corrected chi connectivity index (χ3v) is 6.69. The fourth-order valence-corrected chi connectivity index (χ4v) is 4.59. The molecule has 4 rings (SSSR count). The van der Waals surface area contributed by atoms with Crippen LogP contribution in [0.4, 0.5) is 34.6 Å². The van der Waals surface area contributed by atoms with Crippen molar-refractivity contribution in [3.63, 3.8) is 0 Å². The normalized spacial score (nSPS) is 18.9. The number of nitrogens with one attached hydrogen (secondary N) is 3. The maximum atomic E-state index is 14.8. The molecule has 2 saturated heterocycles. The summed E-state index contributed by atoms with van der Waals surface area (Å²) in [6, 6.07) is 9.67. The van der Waals surface area contributed by atoms with E-state index >= 15 is 0 Å². The molecule has 1 unspecified atom stereocenters. The number of carbonyl (C=O) groups is 2. The number of hydrogen-bond acceptors (Lipinski definition) is 4. The zero-order chi connectivity index (χ0) is 25.2. The highest BCUT2D eigenvalue weighted by atomic mass is 35.5. The molecule has 11 heteroatoms. The van der Waals surface area contributed by atoms with E-state index in [2.05, 4.69) is 16.0 Å². The number of hydrogen-bond donors (Lipinski definition) is 3. The Kier molecular flexibility index (Phi) is 7.39. The van der Waals surface area contributed by atoms with Crippen LogP contribution in [0.1, 0.15) is 24.8 Å². The van der Waals surface area contributed by atoms with Crippen molar-refractivity contribution in [2.24, 2.45) is 11.8 Å². The molecule has 0 aromatic heterocycles. The molecule has 0 saturated carbocycles. The van der Waals surface area contributed by atoms with Crippen molar-refractivity contribution in [2.45, 2.75) is 32.0 Å². The van der Waals surface area contributed by atoms with E-state index in [-0.39, 0.29) is 60.8 Å². The first-order valence-electron chi connectivity index (χ1n) is 11.3. The van der Waals surface area contributed by atoms with Gasteiger partial charge in [0.15, 0.2) is 0 Å². The van der Waals surface area contributed by atoms with Crippen molar-refractivity contribution in [3.05, 3.63) is 52.8 Å². The number of halogens is 5. The van der Waals surface area contributed by atoms with Crippen molar-refractivity contribution >= 4 is 40.5 Å². The lowest BCUT2D eigenvalue weighted by Gasteiger charge is -2.35. The van der Waals surface area contributed by atoms with Crippen LogP contribution in [-0.2, 0) is 16.1 Å². The zero-order valence-electron chi connectivity index (χ0n) is 18.7. The van der Waals surface area contributed by atoms with Crippen LogP contribution in [0.5, 0.6) is 0 Å². The van der Waals surface area contributed by atoms with Crippen LogP contribution in [0.25, 0.3) is 0 Å². The van der Waals surface area contributed by atoms with E-state index in [1.54, 1.807) is 29.2 Å². The molecule has 2 amide bonds. The van der Waals surface area contributed by atoms with Gasteiger partial charge in [-0.05, 0) is 36.6 Å². The monoisotopic (exact) mass is 512 g/mol. The van der Waals surface area contributed by atoms with Gasteiger partial charge in [-0.1, -0.05) is 23.7 Å². The molecule has 35 heavy (non-hydrogen) atoms. The van der Waals surface area contributed by atoms with Gasteiger partial charge in [-0.15, -0.1) is 0 Å². The third kappa shape index (κ3) is 6.17. The summed E-state index contributed by atoms with van der Waals surface area (Å²) in [5.41, 5.74) is 1.95. The lowest BCUT2D eigenvalue weighted by molar-refractivity contribution is -0.179. The lowest BCUT2D eigenvalue weighted by Crippen LogP contribution is -2.39. The van der Waals surface area contributed by atoms with E-state index in [1.807, 2.05) is 0 Å². The quantitative estimate of drug-likeness (QED) is 0.488. The Balaban J connectivity index is 1.34. The van der Waals surface area contributed by atoms with E-state index in [0.29, 0.717) is 24.5 Å². The Bertz CT molecular complexity index is 1090. The number of piperidine rings is 1.